The molecule has 0 aromatic heterocycles. The molecule has 0 N–H and O–H groups in total. The van der Waals surface area contributed by atoms with Crippen molar-refractivity contribution in [3.05, 3.63) is 23.8 Å². The van der Waals surface area contributed by atoms with Crippen molar-refractivity contribution < 1.29 is 32.0 Å². The van der Waals surface area contributed by atoms with E-state index in [1.807, 2.05) is 27.7 Å². The number of halogens is 3. The summed E-state index contributed by atoms with van der Waals surface area (Å²) >= 11 is 0. The van der Waals surface area contributed by atoms with E-state index in [0.717, 1.165) is 6.07 Å². The number of carbonyl (C=O) groups excluding carboxylic acids is 1. The number of alkyl halides is 3. The zero-order valence-corrected chi connectivity index (χ0v) is 12.7. The topological polar surface area (TPSA) is 44.8 Å². The number of rotatable bonds is 3. The second-order valence-corrected chi connectivity index (χ2v) is 6.05. The van der Waals surface area contributed by atoms with Gasteiger partial charge in [0.2, 0.25) is 0 Å². The van der Waals surface area contributed by atoms with Gasteiger partial charge in [-0.25, -0.2) is 0 Å². The molecule has 0 amide bonds. The summed E-state index contributed by atoms with van der Waals surface area (Å²) in [5.74, 6) is -0.553. The van der Waals surface area contributed by atoms with Crippen LogP contribution in [-0.2, 0) is 9.31 Å². The van der Waals surface area contributed by atoms with Crippen molar-refractivity contribution in [2.45, 2.75) is 45.3 Å². The summed E-state index contributed by atoms with van der Waals surface area (Å²) < 4.78 is 52.2. The summed E-state index contributed by atoms with van der Waals surface area (Å²) in [5.41, 5.74) is -0.930. The first-order valence-electron chi connectivity index (χ1n) is 6.66. The molecule has 8 heteroatoms. The maximum atomic E-state index is 12.3. The monoisotopic (exact) mass is 316 g/mol. The molecule has 0 aliphatic carbocycles. The minimum atomic E-state index is -4.86. The summed E-state index contributed by atoms with van der Waals surface area (Å²) in [4.78, 5) is 11.0. The molecule has 0 atom stereocenters. The van der Waals surface area contributed by atoms with Crippen molar-refractivity contribution in [1.82, 2.24) is 0 Å². The van der Waals surface area contributed by atoms with Crippen molar-refractivity contribution in [1.29, 1.82) is 0 Å². The van der Waals surface area contributed by atoms with Gasteiger partial charge in [-0.1, -0.05) is 6.07 Å². The van der Waals surface area contributed by atoms with Gasteiger partial charge in [-0.05, 0) is 45.3 Å². The molecule has 1 aliphatic heterocycles. The predicted molar refractivity (Wildman–Crippen MR) is 74.2 cm³/mol. The number of benzene rings is 1. The summed E-state index contributed by atoms with van der Waals surface area (Å²) in [6.45, 7) is 7.42. The molecular weight excluding hydrogens is 300 g/mol. The van der Waals surface area contributed by atoms with E-state index in [2.05, 4.69) is 4.74 Å². The highest BCUT2D eigenvalue weighted by molar-refractivity contribution is 6.62. The summed E-state index contributed by atoms with van der Waals surface area (Å²) in [7, 11) is -0.761. The molecule has 1 aliphatic rings. The third kappa shape index (κ3) is 3.28. The lowest BCUT2D eigenvalue weighted by Crippen LogP contribution is -2.41. The van der Waals surface area contributed by atoms with Gasteiger partial charge >= 0.3 is 13.5 Å². The van der Waals surface area contributed by atoms with E-state index < -0.39 is 30.4 Å². The molecule has 0 saturated carbocycles. The molecule has 1 aromatic rings. The van der Waals surface area contributed by atoms with E-state index in [1.165, 1.54) is 12.1 Å². The van der Waals surface area contributed by atoms with E-state index in [0.29, 0.717) is 11.7 Å². The molecule has 1 heterocycles. The summed E-state index contributed by atoms with van der Waals surface area (Å²) in [5, 5.41) is 0. The molecule has 4 nitrogen and oxygen atoms in total. The van der Waals surface area contributed by atoms with E-state index in [4.69, 9.17) is 9.31 Å². The molecule has 1 aromatic carbocycles. The van der Waals surface area contributed by atoms with Gasteiger partial charge in [0.25, 0.3) is 0 Å². The lowest BCUT2D eigenvalue weighted by Gasteiger charge is -2.32. The first-order chi connectivity index (χ1) is 9.95. The van der Waals surface area contributed by atoms with E-state index in [9.17, 15) is 18.0 Å². The van der Waals surface area contributed by atoms with Gasteiger partial charge in [0.15, 0.2) is 6.29 Å². The van der Waals surface area contributed by atoms with Crippen LogP contribution in [0.5, 0.6) is 5.75 Å². The van der Waals surface area contributed by atoms with Crippen LogP contribution in [0.1, 0.15) is 38.1 Å². The Morgan fingerprint density at radius 1 is 1.14 bits per heavy atom. The molecule has 0 spiro atoms. The van der Waals surface area contributed by atoms with Gasteiger partial charge in [-0.15, -0.1) is 13.2 Å². The van der Waals surface area contributed by atoms with Crippen LogP contribution in [0.2, 0.25) is 0 Å². The van der Waals surface area contributed by atoms with Crippen molar-refractivity contribution >= 4 is 18.9 Å². The lowest BCUT2D eigenvalue weighted by atomic mass is 9.78. The molecule has 0 unspecified atom stereocenters. The summed E-state index contributed by atoms with van der Waals surface area (Å²) in [6, 6.07) is 3.74. The molecule has 1 saturated heterocycles. The average molecular weight is 316 g/mol. The fourth-order valence-corrected chi connectivity index (χ4v) is 2.00. The van der Waals surface area contributed by atoms with E-state index in [-0.39, 0.29) is 5.56 Å². The number of hydrogen-bond donors (Lipinski definition) is 0. The van der Waals surface area contributed by atoms with Gasteiger partial charge in [0, 0.05) is 0 Å². The van der Waals surface area contributed by atoms with Crippen LogP contribution in [0.4, 0.5) is 13.2 Å². The zero-order chi connectivity index (χ0) is 16.8. The molecule has 2 rings (SSSR count). The average Bonchev–Trinajstić information content (AvgIpc) is 2.57. The first-order valence-corrected chi connectivity index (χ1v) is 6.66. The Morgan fingerprint density at radius 3 is 2.14 bits per heavy atom. The number of carbonyl (C=O) groups is 1. The zero-order valence-electron chi connectivity index (χ0n) is 12.7. The normalized spacial score (nSPS) is 20.0. The highest BCUT2D eigenvalue weighted by Gasteiger charge is 2.51. The Bertz CT molecular complexity index is 568. The van der Waals surface area contributed by atoms with Crippen LogP contribution in [0.25, 0.3) is 0 Å². The third-order valence-electron chi connectivity index (χ3n) is 3.91. The van der Waals surface area contributed by atoms with Crippen LogP contribution in [0.3, 0.4) is 0 Å². The van der Waals surface area contributed by atoms with Gasteiger partial charge in [0.05, 0.1) is 16.8 Å². The Balaban J connectivity index is 2.30. The van der Waals surface area contributed by atoms with Crippen LogP contribution >= 0.6 is 0 Å². The highest BCUT2D eigenvalue weighted by atomic mass is 19.4. The molecule has 1 fully saturated rings. The smallest absolute Gasteiger partial charge is 0.405 e. The lowest BCUT2D eigenvalue weighted by molar-refractivity contribution is -0.274. The minimum Gasteiger partial charge on any atom is -0.405 e. The largest absolute Gasteiger partial charge is 0.573 e. The van der Waals surface area contributed by atoms with Crippen LogP contribution < -0.4 is 10.2 Å². The van der Waals surface area contributed by atoms with Crippen molar-refractivity contribution in [3.8, 4) is 5.75 Å². The maximum Gasteiger partial charge on any atom is 0.573 e. The van der Waals surface area contributed by atoms with Crippen molar-refractivity contribution in [2.24, 2.45) is 0 Å². The highest BCUT2D eigenvalue weighted by Crippen LogP contribution is 2.36. The van der Waals surface area contributed by atoms with Gasteiger partial charge in [-0.3, -0.25) is 4.79 Å². The standard InChI is InChI=1S/C14H16BF3O4/c1-12(2)13(3,4)22-15(21-12)10-5-6-11(9(7-10)8-19)20-14(16,17)18/h5-8H,1-4H3. The molecule has 22 heavy (non-hydrogen) atoms. The number of aldehydes is 1. The van der Waals surface area contributed by atoms with Crippen LogP contribution in [-0.4, -0.2) is 31.0 Å². The predicted octanol–water partition coefficient (Wildman–Crippen LogP) is 2.70. The number of ether oxygens (including phenoxy) is 1. The Labute approximate surface area is 126 Å². The SMILES string of the molecule is CC1(C)OB(c2ccc(OC(F)(F)F)c(C=O)c2)OC1(C)C. The Morgan fingerprint density at radius 2 is 1.68 bits per heavy atom. The fourth-order valence-electron chi connectivity index (χ4n) is 2.00. The van der Waals surface area contributed by atoms with Crippen LogP contribution in [0.15, 0.2) is 18.2 Å². The molecular formula is C14H16BF3O4. The quantitative estimate of drug-likeness (QED) is 0.635. The number of hydrogen-bond acceptors (Lipinski definition) is 4. The third-order valence-corrected chi connectivity index (χ3v) is 3.91. The first kappa shape index (κ1) is 16.8. The van der Waals surface area contributed by atoms with Crippen molar-refractivity contribution in [2.75, 3.05) is 0 Å². The molecule has 0 bridgehead atoms. The second kappa shape index (κ2) is 5.28. The van der Waals surface area contributed by atoms with Crippen LogP contribution in [0, 0.1) is 0 Å². The minimum absolute atomic E-state index is 0.218. The van der Waals surface area contributed by atoms with E-state index >= 15 is 0 Å². The van der Waals surface area contributed by atoms with E-state index in [1.54, 1.807) is 0 Å². The second-order valence-electron chi connectivity index (χ2n) is 6.05. The van der Waals surface area contributed by atoms with Gasteiger partial charge in [0.1, 0.15) is 5.75 Å². The Kier molecular flexibility index (Phi) is 4.04. The fraction of sp³-hybridized carbons (Fsp3) is 0.500. The van der Waals surface area contributed by atoms with Gasteiger partial charge < -0.3 is 14.0 Å². The Hall–Kier alpha value is -1.54. The molecule has 0 radical (unpaired) electrons. The molecule has 120 valence electrons. The maximum absolute atomic E-state index is 12.3. The summed E-state index contributed by atoms with van der Waals surface area (Å²) in [6.07, 6.45) is -4.56. The van der Waals surface area contributed by atoms with Gasteiger partial charge in [-0.2, -0.15) is 0 Å². The van der Waals surface area contributed by atoms with Crippen molar-refractivity contribution in [3.63, 3.8) is 0 Å².